The van der Waals surface area contributed by atoms with E-state index in [1.807, 2.05) is 0 Å². The van der Waals surface area contributed by atoms with Crippen LogP contribution < -0.4 is 11.3 Å². The van der Waals surface area contributed by atoms with Gasteiger partial charge in [-0.2, -0.15) is 0 Å². The summed E-state index contributed by atoms with van der Waals surface area (Å²) >= 11 is 0. The van der Waals surface area contributed by atoms with Gasteiger partial charge in [-0.3, -0.25) is 4.79 Å². The molecule has 0 aliphatic heterocycles. The first-order valence-electron chi connectivity index (χ1n) is 8.03. The number of hydrogen-bond acceptors (Lipinski definition) is 3. The number of nitrogens with zero attached hydrogens (tertiary/aromatic N) is 1. The van der Waals surface area contributed by atoms with E-state index < -0.39 is 0 Å². The summed E-state index contributed by atoms with van der Waals surface area (Å²) < 4.78 is 0. The molecule has 4 aliphatic rings. The number of aromatic amines is 1. The summed E-state index contributed by atoms with van der Waals surface area (Å²) in [5.74, 6) is 4.86. The van der Waals surface area contributed by atoms with Crippen molar-refractivity contribution in [3.63, 3.8) is 0 Å². The smallest absolute Gasteiger partial charge is 0.251 e. The third-order valence-electron chi connectivity index (χ3n) is 5.76. The van der Waals surface area contributed by atoms with Crippen molar-refractivity contribution in [2.24, 2.45) is 29.4 Å². The molecule has 4 fully saturated rings. The van der Waals surface area contributed by atoms with Gasteiger partial charge in [-0.05, 0) is 62.3 Å². The lowest BCUT2D eigenvalue weighted by Crippen LogP contribution is -2.44. The highest BCUT2D eigenvalue weighted by molar-refractivity contribution is 5.13. The summed E-state index contributed by atoms with van der Waals surface area (Å²) in [5, 5.41) is 0. The van der Waals surface area contributed by atoms with Crippen molar-refractivity contribution in [1.29, 1.82) is 0 Å². The molecule has 4 bridgehead atoms. The van der Waals surface area contributed by atoms with E-state index in [2.05, 4.69) is 4.98 Å². The molecule has 0 radical (unpaired) electrons. The molecule has 4 saturated carbocycles. The summed E-state index contributed by atoms with van der Waals surface area (Å²) in [6, 6.07) is 1.60. The second kappa shape index (κ2) is 4.69. The van der Waals surface area contributed by atoms with Crippen LogP contribution in [0.4, 0.5) is 0 Å². The highest BCUT2D eigenvalue weighted by Gasteiger charge is 2.49. The minimum atomic E-state index is -0.00717. The van der Waals surface area contributed by atoms with Crippen molar-refractivity contribution in [2.45, 2.75) is 44.4 Å². The molecule has 1 heterocycles. The van der Waals surface area contributed by atoms with E-state index in [1.165, 1.54) is 32.1 Å². The van der Waals surface area contributed by atoms with E-state index in [1.54, 1.807) is 6.07 Å². The molecule has 4 heteroatoms. The molecule has 1 aromatic heterocycles. The maximum atomic E-state index is 11.9. The molecular formula is C16H23N3O. The predicted molar refractivity (Wildman–Crippen MR) is 77.4 cm³/mol. The Labute approximate surface area is 119 Å². The quantitative estimate of drug-likeness (QED) is 0.882. The van der Waals surface area contributed by atoms with Crippen LogP contribution in [-0.2, 0) is 6.42 Å². The monoisotopic (exact) mass is 273 g/mol. The second-order valence-electron chi connectivity index (χ2n) is 7.12. The van der Waals surface area contributed by atoms with E-state index in [0.29, 0.717) is 18.9 Å². The largest absolute Gasteiger partial charge is 0.330 e. The minimum Gasteiger partial charge on any atom is -0.330 e. The molecule has 5 rings (SSSR count). The first-order valence-corrected chi connectivity index (χ1v) is 8.03. The van der Waals surface area contributed by atoms with Gasteiger partial charge < -0.3 is 10.7 Å². The number of nitrogens with two attached hydrogens (primary N) is 1. The molecule has 4 nitrogen and oxygen atoms in total. The number of aromatic nitrogens is 2. The molecule has 108 valence electrons. The van der Waals surface area contributed by atoms with E-state index in [9.17, 15) is 4.79 Å². The molecule has 0 atom stereocenters. The van der Waals surface area contributed by atoms with E-state index in [-0.39, 0.29) is 5.56 Å². The Morgan fingerprint density at radius 2 is 1.80 bits per heavy atom. The summed E-state index contributed by atoms with van der Waals surface area (Å²) in [5.41, 5.74) is 6.46. The Bertz CT molecular complexity index is 537. The Morgan fingerprint density at radius 3 is 2.40 bits per heavy atom. The lowest BCUT2D eigenvalue weighted by atomic mass is 9.51. The molecule has 20 heavy (non-hydrogen) atoms. The molecule has 0 spiro atoms. The van der Waals surface area contributed by atoms with Crippen LogP contribution in [0.25, 0.3) is 0 Å². The molecule has 0 unspecified atom stereocenters. The predicted octanol–water partition coefficient (Wildman–Crippen LogP) is 1.81. The summed E-state index contributed by atoms with van der Waals surface area (Å²) in [7, 11) is 0. The zero-order chi connectivity index (χ0) is 13.7. The molecule has 0 amide bonds. The molecule has 0 aromatic carbocycles. The van der Waals surface area contributed by atoms with Crippen molar-refractivity contribution < 1.29 is 0 Å². The Balaban J connectivity index is 1.68. The number of nitrogens with one attached hydrogen (secondary N) is 1. The van der Waals surface area contributed by atoms with Crippen LogP contribution in [0, 0.1) is 23.7 Å². The zero-order valence-corrected chi connectivity index (χ0v) is 11.8. The van der Waals surface area contributed by atoms with Crippen LogP contribution in [0.15, 0.2) is 10.9 Å². The van der Waals surface area contributed by atoms with Crippen molar-refractivity contribution in [2.75, 3.05) is 6.54 Å². The van der Waals surface area contributed by atoms with Gasteiger partial charge in [0.1, 0.15) is 5.82 Å². The van der Waals surface area contributed by atoms with Crippen LogP contribution in [0.5, 0.6) is 0 Å². The van der Waals surface area contributed by atoms with Crippen molar-refractivity contribution in [3.05, 3.63) is 27.9 Å². The third kappa shape index (κ3) is 2.01. The number of rotatable bonds is 3. The second-order valence-corrected chi connectivity index (χ2v) is 7.12. The van der Waals surface area contributed by atoms with Gasteiger partial charge in [0.05, 0.1) is 0 Å². The normalized spacial score (nSPS) is 38.4. The van der Waals surface area contributed by atoms with Gasteiger partial charge in [-0.25, -0.2) is 4.98 Å². The van der Waals surface area contributed by atoms with E-state index in [4.69, 9.17) is 10.7 Å². The Hall–Kier alpha value is -1.16. The van der Waals surface area contributed by atoms with Gasteiger partial charge in [0.2, 0.25) is 0 Å². The fourth-order valence-electron chi connectivity index (χ4n) is 5.33. The minimum absolute atomic E-state index is 0.00717. The highest BCUT2D eigenvalue weighted by Crippen LogP contribution is 2.59. The molecule has 1 aromatic rings. The van der Waals surface area contributed by atoms with Crippen LogP contribution in [0.3, 0.4) is 0 Å². The standard InChI is InChI=1S/C16H23N3O/c17-2-1-13-8-14(20)19-16(18-13)15-11-4-9-3-10(6-11)7-12(15)5-9/h8-12,15H,1-7,17H2,(H,18,19,20). The fraction of sp³-hybridized carbons (Fsp3) is 0.750. The fourth-order valence-corrected chi connectivity index (χ4v) is 5.33. The van der Waals surface area contributed by atoms with Crippen LogP contribution >= 0.6 is 0 Å². The lowest BCUT2D eigenvalue weighted by molar-refractivity contribution is -0.00579. The molecular weight excluding hydrogens is 250 g/mol. The SMILES string of the molecule is NCCc1cc(=O)[nH]c(C2C3CC4CC(C3)CC2C4)n1. The molecule has 0 saturated heterocycles. The van der Waals surface area contributed by atoms with Crippen LogP contribution in [0.1, 0.15) is 49.5 Å². The molecule has 3 N–H and O–H groups in total. The lowest BCUT2D eigenvalue weighted by Gasteiger charge is -2.54. The van der Waals surface area contributed by atoms with Crippen LogP contribution in [-0.4, -0.2) is 16.5 Å². The number of hydrogen-bond donors (Lipinski definition) is 2. The van der Waals surface area contributed by atoms with Gasteiger partial charge in [0.25, 0.3) is 5.56 Å². The van der Waals surface area contributed by atoms with Gasteiger partial charge in [-0.15, -0.1) is 0 Å². The third-order valence-corrected chi connectivity index (χ3v) is 5.76. The first kappa shape index (κ1) is 12.6. The Kier molecular flexibility index (Phi) is 2.95. The highest BCUT2D eigenvalue weighted by atomic mass is 16.1. The topological polar surface area (TPSA) is 71.8 Å². The van der Waals surface area contributed by atoms with Crippen molar-refractivity contribution in [1.82, 2.24) is 9.97 Å². The van der Waals surface area contributed by atoms with Gasteiger partial charge >= 0.3 is 0 Å². The number of H-pyrrole nitrogens is 1. The van der Waals surface area contributed by atoms with Crippen molar-refractivity contribution in [3.8, 4) is 0 Å². The van der Waals surface area contributed by atoms with Gasteiger partial charge in [-0.1, -0.05) is 0 Å². The van der Waals surface area contributed by atoms with E-state index >= 15 is 0 Å². The van der Waals surface area contributed by atoms with E-state index in [0.717, 1.165) is 35.2 Å². The zero-order valence-electron chi connectivity index (χ0n) is 11.8. The molecule has 4 aliphatic carbocycles. The van der Waals surface area contributed by atoms with Crippen LogP contribution in [0.2, 0.25) is 0 Å². The van der Waals surface area contributed by atoms with Gasteiger partial charge in [0.15, 0.2) is 0 Å². The maximum Gasteiger partial charge on any atom is 0.251 e. The van der Waals surface area contributed by atoms with Crippen molar-refractivity contribution >= 4 is 0 Å². The Morgan fingerprint density at radius 1 is 1.15 bits per heavy atom. The average Bonchev–Trinajstić information content (AvgIpc) is 2.37. The maximum absolute atomic E-state index is 11.9. The average molecular weight is 273 g/mol. The summed E-state index contributed by atoms with van der Waals surface area (Å²) in [6.45, 7) is 0.553. The summed E-state index contributed by atoms with van der Waals surface area (Å²) in [4.78, 5) is 19.6. The van der Waals surface area contributed by atoms with Gasteiger partial charge in [0, 0.05) is 24.1 Å². The first-order chi connectivity index (χ1) is 9.72. The summed E-state index contributed by atoms with van der Waals surface area (Å²) in [6.07, 6.45) is 7.55.